The highest BCUT2D eigenvalue weighted by atomic mass is 16.6. The lowest BCUT2D eigenvalue weighted by atomic mass is 10.2. The number of nitrogens with one attached hydrogen (secondary N) is 3. The van der Waals surface area contributed by atoms with Gasteiger partial charge in [-0.05, 0) is 58.1 Å². The van der Waals surface area contributed by atoms with Gasteiger partial charge < -0.3 is 25.8 Å². The van der Waals surface area contributed by atoms with Gasteiger partial charge in [0.25, 0.3) is 0 Å². The van der Waals surface area contributed by atoms with Crippen LogP contribution in [0.25, 0.3) is 0 Å². The van der Waals surface area contributed by atoms with Gasteiger partial charge in [-0.3, -0.25) is 10.1 Å². The first-order chi connectivity index (χ1) is 14.9. The molecule has 1 aliphatic heterocycles. The molecule has 2 heterocycles. The molecule has 1 saturated heterocycles. The molecule has 0 saturated carbocycles. The van der Waals surface area contributed by atoms with Gasteiger partial charge in [0, 0.05) is 50.1 Å². The molecular formula is C21H32N8O2. The number of rotatable bonds is 10. The summed E-state index contributed by atoms with van der Waals surface area (Å²) in [5, 5.41) is 20.7. The van der Waals surface area contributed by atoms with Gasteiger partial charge in [0.1, 0.15) is 6.20 Å². The number of nitro groups is 1. The van der Waals surface area contributed by atoms with Gasteiger partial charge in [0.15, 0.2) is 0 Å². The number of hydrogen-bond acceptors (Lipinski definition) is 9. The van der Waals surface area contributed by atoms with E-state index in [0.717, 1.165) is 57.1 Å². The fourth-order valence-electron chi connectivity index (χ4n) is 3.36. The highest BCUT2D eigenvalue weighted by molar-refractivity contribution is 5.62. The molecule has 10 heteroatoms. The second kappa shape index (κ2) is 10.9. The summed E-state index contributed by atoms with van der Waals surface area (Å²) in [7, 11) is 2.17. The summed E-state index contributed by atoms with van der Waals surface area (Å²) in [6, 6.07) is 7.88. The minimum atomic E-state index is -0.487. The highest BCUT2D eigenvalue weighted by Crippen LogP contribution is 2.24. The van der Waals surface area contributed by atoms with Crippen LogP contribution in [0.1, 0.15) is 20.3 Å². The van der Waals surface area contributed by atoms with Crippen LogP contribution in [0, 0.1) is 10.1 Å². The zero-order valence-corrected chi connectivity index (χ0v) is 18.5. The molecule has 1 fully saturated rings. The third-order valence-corrected chi connectivity index (χ3v) is 5.11. The van der Waals surface area contributed by atoms with E-state index < -0.39 is 4.92 Å². The van der Waals surface area contributed by atoms with Crippen LogP contribution in [-0.2, 0) is 0 Å². The summed E-state index contributed by atoms with van der Waals surface area (Å²) >= 11 is 0. The molecule has 0 bridgehead atoms. The monoisotopic (exact) mass is 428 g/mol. The quantitative estimate of drug-likeness (QED) is 0.299. The van der Waals surface area contributed by atoms with Gasteiger partial charge in [-0.1, -0.05) is 0 Å². The first kappa shape index (κ1) is 22.7. The van der Waals surface area contributed by atoms with Gasteiger partial charge >= 0.3 is 5.69 Å². The maximum absolute atomic E-state index is 11.2. The van der Waals surface area contributed by atoms with Gasteiger partial charge in [-0.2, -0.15) is 4.98 Å². The first-order valence-electron chi connectivity index (χ1n) is 10.7. The van der Waals surface area contributed by atoms with Crippen molar-refractivity contribution in [1.82, 2.24) is 19.8 Å². The van der Waals surface area contributed by atoms with Crippen molar-refractivity contribution in [2.75, 3.05) is 62.3 Å². The Balaban J connectivity index is 1.49. The number of hydrogen-bond donors (Lipinski definition) is 3. The van der Waals surface area contributed by atoms with Gasteiger partial charge in [0.05, 0.1) is 4.92 Å². The first-order valence-corrected chi connectivity index (χ1v) is 10.7. The Morgan fingerprint density at radius 1 is 1.13 bits per heavy atom. The Morgan fingerprint density at radius 2 is 1.81 bits per heavy atom. The molecule has 0 spiro atoms. The molecule has 168 valence electrons. The van der Waals surface area contributed by atoms with E-state index in [0.29, 0.717) is 5.95 Å². The molecule has 3 rings (SSSR count). The predicted molar refractivity (Wildman–Crippen MR) is 124 cm³/mol. The second-order valence-corrected chi connectivity index (χ2v) is 8.11. The molecule has 2 aromatic rings. The molecule has 0 atom stereocenters. The Morgan fingerprint density at radius 3 is 2.45 bits per heavy atom. The van der Waals surface area contributed by atoms with E-state index in [1.54, 1.807) is 0 Å². The summed E-state index contributed by atoms with van der Waals surface area (Å²) in [5.74, 6) is 0.512. The fourth-order valence-corrected chi connectivity index (χ4v) is 3.36. The van der Waals surface area contributed by atoms with Crippen molar-refractivity contribution < 1.29 is 4.92 Å². The van der Waals surface area contributed by atoms with Crippen LogP contribution in [0.4, 0.5) is 28.8 Å². The van der Waals surface area contributed by atoms with Crippen molar-refractivity contribution in [2.24, 2.45) is 0 Å². The number of aromatic nitrogens is 2. The van der Waals surface area contributed by atoms with Crippen LogP contribution in [0.2, 0.25) is 0 Å². The lowest BCUT2D eigenvalue weighted by Gasteiger charge is -2.32. The SMILES string of the molecule is CC(C)Nc1nc(Nc2ccc(NCCCN3CCN(C)CC3)cc2)ncc1[N+](=O)[O-]. The number of piperazine rings is 1. The van der Waals surface area contributed by atoms with Gasteiger partial charge in [-0.15, -0.1) is 0 Å². The lowest BCUT2D eigenvalue weighted by molar-refractivity contribution is -0.384. The predicted octanol–water partition coefficient (Wildman–Crippen LogP) is 3.00. The van der Waals surface area contributed by atoms with Crippen LogP contribution in [0.15, 0.2) is 30.5 Å². The Bertz CT molecular complexity index is 851. The van der Waals surface area contributed by atoms with Gasteiger partial charge in [-0.25, -0.2) is 4.98 Å². The van der Waals surface area contributed by atoms with E-state index in [4.69, 9.17) is 0 Å². The van der Waals surface area contributed by atoms with E-state index in [1.807, 2.05) is 38.1 Å². The number of benzene rings is 1. The fraction of sp³-hybridized carbons (Fsp3) is 0.524. The normalized spacial score (nSPS) is 15.1. The molecular weight excluding hydrogens is 396 g/mol. The number of nitrogens with zero attached hydrogens (tertiary/aromatic N) is 5. The van der Waals surface area contributed by atoms with Crippen LogP contribution in [0.5, 0.6) is 0 Å². The molecule has 0 aliphatic carbocycles. The Labute approximate surface area is 183 Å². The van der Waals surface area contributed by atoms with Crippen molar-refractivity contribution in [1.29, 1.82) is 0 Å². The van der Waals surface area contributed by atoms with Crippen LogP contribution < -0.4 is 16.0 Å². The lowest BCUT2D eigenvalue weighted by Crippen LogP contribution is -2.44. The van der Waals surface area contributed by atoms with E-state index >= 15 is 0 Å². The zero-order chi connectivity index (χ0) is 22.2. The third kappa shape index (κ3) is 7.04. The molecule has 0 radical (unpaired) electrons. The largest absolute Gasteiger partial charge is 0.385 e. The van der Waals surface area contributed by atoms with Crippen LogP contribution in [0.3, 0.4) is 0 Å². The maximum atomic E-state index is 11.2. The van der Waals surface area contributed by atoms with Crippen LogP contribution >= 0.6 is 0 Å². The summed E-state index contributed by atoms with van der Waals surface area (Å²) in [6.45, 7) is 10.4. The number of likely N-dealkylation sites (N-methyl/N-ethyl adjacent to an activating group) is 1. The minimum Gasteiger partial charge on any atom is -0.385 e. The standard InChI is InChI=1S/C21H32N8O2/c1-16(2)24-20-19(29(30)31)15-23-21(26-20)25-18-7-5-17(6-8-18)22-9-4-10-28-13-11-27(3)12-14-28/h5-8,15-16,22H,4,9-14H2,1-3H3,(H2,23,24,25,26). The summed E-state index contributed by atoms with van der Waals surface area (Å²) in [4.78, 5) is 23.9. The topological polar surface area (TPSA) is 111 Å². The maximum Gasteiger partial charge on any atom is 0.329 e. The molecule has 1 aromatic carbocycles. The average molecular weight is 429 g/mol. The Kier molecular flexibility index (Phi) is 7.96. The highest BCUT2D eigenvalue weighted by Gasteiger charge is 2.18. The third-order valence-electron chi connectivity index (χ3n) is 5.11. The molecule has 10 nitrogen and oxygen atoms in total. The molecule has 0 amide bonds. The van der Waals surface area contributed by atoms with Crippen molar-refractivity contribution >= 4 is 28.8 Å². The zero-order valence-electron chi connectivity index (χ0n) is 18.5. The second-order valence-electron chi connectivity index (χ2n) is 8.11. The summed E-state index contributed by atoms with van der Waals surface area (Å²) in [5.41, 5.74) is 1.72. The van der Waals surface area contributed by atoms with Gasteiger partial charge in [0.2, 0.25) is 11.8 Å². The molecule has 3 N–H and O–H groups in total. The molecule has 1 aliphatic rings. The van der Waals surface area contributed by atoms with Crippen molar-refractivity contribution in [3.05, 3.63) is 40.6 Å². The van der Waals surface area contributed by atoms with Crippen LogP contribution in [-0.4, -0.2) is 77.0 Å². The van der Waals surface area contributed by atoms with E-state index in [-0.39, 0.29) is 17.5 Å². The molecule has 1 aromatic heterocycles. The summed E-state index contributed by atoms with van der Waals surface area (Å²) < 4.78 is 0. The smallest absolute Gasteiger partial charge is 0.329 e. The Hall–Kier alpha value is -2.98. The minimum absolute atomic E-state index is 0.0167. The molecule has 31 heavy (non-hydrogen) atoms. The van der Waals surface area contributed by atoms with E-state index in [1.165, 1.54) is 6.20 Å². The van der Waals surface area contributed by atoms with Crippen molar-refractivity contribution in [2.45, 2.75) is 26.3 Å². The summed E-state index contributed by atoms with van der Waals surface area (Å²) in [6.07, 6.45) is 2.32. The average Bonchev–Trinajstić information content (AvgIpc) is 2.73. The van der Waals surface area contributed by atoms with Crippen molar-refractivity contribution in [3.8, 4) is 0 Å². The van der Waals surface area contributed by atoms with E-state index in [2.05, 4.69) is 42.8 Å². The van der Waals surface area contributed by atoms with E-state index in [9.17, 15) is 10.1 Å². The number of anilines is 4. The molecule has 0 unspecified atom stereocenters. The van der Waals surface area contributed by atoms with Crippen molar-refractivity contribution in [3.63, 3.8) is 0 Å².